The van der Waals surface area contributed by atoms with E-state index < -0.39 is 0 Å². The van der Waals surface area contributed by atoms with Gasteiger partial charge in [-0.1, -0.05) is 0 Å². The second-order valence-electron chi connectivity index (χ2n) is 2.21. The van der Waals surface area contributed by atoms with E-state index in [1.807, 2.05) is 24.4 Å². The first-order valence-corrected chi connectivity index (χ1v) is 5.15. The molecule has 61 valence electrons. The fraction of sp³-hybridized carbons (Fsp3) is 0. The van der Waals surface area contributed by atoms with Crippen LogP contribution >= 0.6 is 23.9 Å². The molecule has 0 amide bonds. The zero-order valence-electron chi connectivity index (χ0n) is 6.20. The quantitative estimate of drug-likeness (QED) is 0.626. The Morgan fingerprint density at radius 1 is 1.42 bits per heavy atom. The second-order valence-corrected chi connectivity index (χ2v) is 3.56. The predicted molar refractivity (Wildman–Crippen MR) is 54.6 cm³/mol. The largest absolute Gasteiger partial charge is 0.333 e. The van der Waals surface area contributed by atoms with Crippen LogP contribution in [-0.4, -0.2) is 0 Å². The molecule has 12 heavy (non-hydrogen) atoms. The Balaban J connectivity index is 2.17. The Kier molecular flexibility index (Phi) is 2.48. The summed E-state index contributed by atoms with van der Waals surface area (Å²) in [6, 6.07) is 0. The van der Waals surface area contributed by atoms with Crippen molar-refractivity contribution in [1.82, 2.24) is 9.44 Å². The fourth-order valence-corrected chi connectivity index (χ4v) is 1.92. The molecule has 1 radical (unpaired) electrons. The smallest absolute Gasteiger partial charge is 0.0522 e. The van der Waals surface area contributed by atoms with Crippen molar-refractivity contribution >= 4 is 23.9 Å². The molecule has 2 N–H and O–H groups in total. The molecule has 2 aliphatic heterocycles. The van der Waals surface area contributed by atoms with E-state index in [-0.39, 0.29) is 0 Å². The van der Waals surface area contributed by atoms with Gasteiger partial charge in [-0.2, -0.15) is 0 Å². The molecule has 2 aliphatic rings. The van der Waals surface area contributed by atoms with Crippen molar-refractivity contribution in [3.63, 3.8) is 0 Å². The van der Waals surface area contributed by atoms with E-state index >= 15 is 0 Å². The molecule has 0 saturated heterocycles. The highest BCUT2D eigenvalue weighted by Gasteiger charge is 2.05. The normalized spacial score (nSPS) is 20.7. The summed E-state index contributed by atoms with van der Waals surface area (Å²) in [4.78, 5) is 0. The van der Waals surface area contributed by atoms with Crippen LogP contribution in [0.5, 0.6) is 0 Å². The third kappa shape index (κ3) is 1.70. The topological polar surface area (TPSA) is 24.1 Å². The summed E-state index contributed by atoms with van der Waals surface area (Å²) in [5.41, 5.74) is 2.33. The lowest BCUT2D eigenvalue weighted by atomic mass is 10.2. The molecule has 2 rings (SSSR count). The molecule has 0 atom stereocenters. The van der Waals surface area contributed by atoms with Crippen molar-refractivity contribution in [3.8, 4) is 0 Å². The molecule has 0 bridgehead atoms. The summed E-state index contributed by atoms with van der Waals surface area (Å²) in [7, 11) is 0. The maximum Gasteiger partial charge on any atom is 0.0522 e. The SMILES string of the molecule is [C]1=CC=C(C2=CSNC=C2)NS1. The van der Waals surface area contributed by atoms with Crippen LogP contribution < -0.4 is 9.44 Å². The van der Waals surface area contributed by atoms with E-state index in [0.29, 0.717) is 0 Å². The van der Waals surface area contributed by atoms with Gasteiger partial charge in [0.25, 0.3) is 0 Å². The molecule has 4 heteroatoms. The van der Waals surface area contributed by atoms with Gasteiger partial charge in [0.15, 0.2) is 0 Å². The van der Waals surface area contributed by atoms with Crippen LogP contribution in [0.4, 0.5) is 0 Å². The number of hydrogen-bond acceptors (Lipinski definition) is 4. The zero-order chi connectivity index (χ0) is 8.23. The van der Waals surface area contributed by atoms with Crippen molar-refractivity contribution in [2.24, 2.45) is 0 Å². The molecule has 0 saturated carbocycles. The van der Waals surface area contributed by atoms with Crippen LogP contribution in [0.25, 0.3) is 0 Å². The molecule has 0 aromatic carbocycles. The Labute approximate surface area is 80.1 Å². The van der Waals surface area contributed by atoms with Crippen LogP contribution in [0.3, 0.4) is 0 Å². The standard InChI is InChI=1S/C8H7N2S2/c1-2-8(10-11-5-1)7-3-4-9-12-6-7/h1-4,6,9-10H. The maximum atomic E-state index is 3.16. The van der Waals surface area contributed by atoms with Gasteiger partial charge in [0, 0.05) is 22.6 Å². The molecule has 0 unspecified atom stereocenters. The molecule has 0 fully saturated rings. The van der Waals surface area contributed by atoms with Gasteiger partial charge >= 0.3 is 0 Å². The first-order chi connectivity index (χ1) is 5.97. The first-order valence-electron chi connectivity index (χ1n) is 3.46. The summed E-state index contributed by atoms with van der Waals surface area (Å²) >= 11 is 3.04. The van der Waals surface area contributed by atoms with Crippen molar-refractivity contribution < 1.29 is 0 Å². The Morgan fingerprint density at radius 3 is 3.08 bits per heavy atom. The first kappa shape index (κ1) is 7.89. The third-order valence-corrected chi connectivity index (χ3v) is 2.65. The minimum absolute atomic E-state index is 1.13. The molecule has 2 heterocycles. The lowest BCUT2D eigenvalue weighted by Gasteiger charge is -2.13. The van der Waals surface area contributed by atoms with Gasteiger partial charge < -0.3 is 9.44 Å². The highest BCUT2D eigenvalue weighted by molar-refractivity contribution is 8.00. The molecule has 2 nitrogen and oxygen atoms in total. The van der Waals surface area contributed by atoms with Gasteiger partial charge in [-0.3, -0.25) is 0 Å². The van der Waals surface area contributed by atoms with Crippen molar-refractivity contribution in [2.75, 3.05) is 0 Å². The molecule has 0 spiro atoms. The Bertz CT molecular complexity index is 289. The molecule has 0 aromatic heterocycles. The van der Waals surface area contributed by atoms with E-state index in [9.17, 15) is 0 Å². The Hall–Kier alpha value is -0.740. The van der Waals surface area contributed by atoms with E-state index in [4.69, 9.17) is 0 Å². The lowest BCUT2D eigenvalue weighted by Crippen LogP contribution is -2.08. The summed E-state index contributed by atoms with van der Waals surface area (Å²) in [5, 5.41) is 5.05. The van der Waals surface area contributed by atoms with Crippen LogP contribution in [0.15, 0.2) is 41.1 Å². The summed E-state index contributed by atoms with van der Waals surface area (Å²) < 4.78 is 6.19. The zero-order valence-corrected chi connectivity index (χ0v) is 7.84. The molecular formula is C8H7N2S2. The highest BCUT2D eigenvalue weighted by atomic mass is 32.2. The van der Waals surface area contributed by atoms with Crippen molar-refractivity contribution in [1.29, 1.82) is 0 Å². The van der Waals surface area contributed by atoms with E-state index in [1.54, 1.807) is 11.9 Å². The van der Waals surface area contributed by atoms with Crippen LogP contribution in [0, 0.1) is 5.41 Å². The second kappa shape index (κ2) is 3.78. The minimum atomic E-state index is 1.13. The number of hydrogen-bond donors (Lipinski definition) is 2. The highest BCUT2D eigenvalue weighted by Crippen LogP contribution is 2.20. The van der Waals surface area contributed by atoms with Gasteiger partial charge in [0.05, 0.1) is 5.70 Å². The summed E-state index contributed by atoms with van der Waals surface area (Å²) in [5.74, 6) is 0. The molecular weight excluding hydrogens is 188 g/mol. The van der Waals surface area contributed by atoms with Gasteiger partial charge in [0.2, 0.25) is 0 Å². The minimum Gasteiger partial charge on any atom is -0.333 e. The van der Waals surface area contributed by atoms with Gasteiger partial charge in [0.1, 0.15) is 0 Å². The lowest BCUT2D eigenvalue weighted by molar-refractivity contribution is 1.22. The van der Waals surface area contributed by atoms with Crippen LogP contribution in [-0.2, 0) is 0 Å². The van der Waals surface area contributed by atoms with E-state index in [2.05, 4.69) is 20.3 Å². The predicted octanol–water partition coefficient (Wildman–Crippen LogP) is 2.09. The average Bonchev–Trinajstić information content (AvgIpc) is 2.21. The van der Waals surface area contributed by atoms with Crippen molar-refractivity contribution in [3.05, 3.63) is 46.5 Å². The maximum absolute atomic E-state index is 3.16. The van der Waals surface area contributed by atoms with Gasteiger partial charge in [-0.05, 0) is 42.1 Å². The fourth-order valence-electron chi connectivity index (χ4n) is 0.878. The summed E-state index contributed by atoms with van der Waals surface area (Å²) in [6.45, 7) is 0. The van der Waals surface area contributed by atoms with E-state index in [1.165, 1.54) is 17.5 Å². The third-order valence-electron chi connectivity index (χ3n) is 1.43. The van der Waals surface area contributed by atoms with Crippen molar-refractivity contribution in [2.45, 2.75) is 0 Å². The van der Waals surface area contributed by atoms with Gasteiger partial charge in [-0.15, -0.1) is 0 Å². The van der Waals surface area contributed by atoms with Crippen LogP contribution in [0.1, 0.15) is 0 Å². The number of rotatable bonds is 1. The average molecular weight is 195 g/mol. The van der Waals surface area contributed by atoms with Gasteiger partial charge in [-0.25, -0.2) is 0 Å². The monoisotopic (exact) mass is 195 g/mol. The molecule has 0 aliphatic carbocycles. The molecule has 0 aromatic rings. The Morgan fingerprint density at radius 2 is 2.42 bits per heavy atom. The van der Waals surface area contributed by atoms with E-state index in [0.717, 1.165) is 5.70 Å². The number of allylic oxidation sites excluding steroid dienone is 3. The summed E-state index contributed by atoms with van der Waals surface area (Å²) in [6.07, 6.45) is 7.89. The number of nitrogens with one attached hydrogen (secondary N) is 2. The van der Waals surface area contributed by atoms with Crippen LogP contribution in [0.2, 0.25) is 0 Å².